The average molecular weight is 339 g/mol. The van der Waals surface area contributed by atoms with Crippen LogP contribution in [0.2, 0.25) is 0 Å². The summed E-state index contributed by atoms with van der Waals surface area (Å²) in [5.74, 6) is -1.88. The number of hydrogen-bond donors (Lipinski definition) is 1. The lowest BCUT2D eigenvalue weighted by atomic mass is 9.99. The third-order valence-corrected chi connectivity index (χ3v) is 5.89. The molecule has 1 fully saturated rings. The number of aryl methyl sites for hydroxylation is 2. The number of benzene rings is 1. The first-order chi connectivity index (χ1) is 10.7. The Morgan fingerprint density at radius 3 is 2.17 bits per heavy atom. The molecule has 0 aromatic heterocycles. The zero-order chi connectivity index (χ0) is 17.2. The summed E-state index contributed by atoms with van der Waals surface area (Å²) in [6, 6.07) is 5.51. The van der Waals surface area contributed by atoms with Crippen LogP contribution in [0.3, 0.4) is 0 Å². The van der Waals surface area contributed by atoms with Crippen molar-refractivity contribution < 1.29 is 23.1 Å². The lowest BCUT2D eigenvalue weighted by Gasteiger charge is -2.30. The molecular weight excluding hydrogens is 318 g/mol. The van der Waals surface area contributed by atoms with Gasteiger partial charge in [0.25, 0.3) is 0 Å². The highest BCUT2D eigenvalue weighted by Gasteiger charge is 2.33. The second-order valence-corrected chi connectivity index (χ2v) is 8.29. The van der Waals surface area contributed by atoms with Gasteiger partial charge in [0.15, 0.2) is 0 Å². The van der Waals surface area contributed by atoms with Crippen LogP contribution in [0.25, 0.3) is 0 Å². The molecule has 1 aliphatic rings. The number of sulfone groups is 1. The lowest BCUT2D eigenvalue weighted by Crippen LogP contribution is -2.43. The van der Waals surface area contributed by atoms with Gasteiger partial charge < -0.3 is 10.0 Å². The minimum Gasteiger partial charge on any atom is -0.480 e. The van der Waals surface area contributed by atoms with Crippen molar-refractivity contribution in [1.29, 1.82) is 0 Å². The maximum atomic E-state index is 12.8. The molecule has 0 bridgehead atoms. The first-order valence-electron chi connectivity index (χ1n) is 7.51. The molecule has 0 saturated carbocycles. The van der Waals surface area contributed by atoms with Crippen LogP contribution in [0.5, 0.6) is 0 Å². The molecule has 7 heteroatoms. The van der Waals surface area contributed by atoms with Crippen molar-refractivity contribution in [2.45, 2.75) is 26.7 Å². The molecule has 1 heterocycles. The molecule has 0 radical (unpaired) electrons. The fourth-order valence-corrected chi connectivity index (χ4v) is 4.48. The standard InChI is InChI=1S/C16H21NO5S/c1-11-4-3-5-12(2)15(11)17(10-14(18)19)16(20)13-6-8-23(21,22)9-7-13/h3-5,13H,6-10H2,1-2H3,(H,18,19). The Balaban J connectivity index is 2.32. The number of carbonyl (C=O) groups is 2. The van der Waals surface area contributed by atoms with Crippen LogP contribution < -0.4 is 4.90 Å². The van der Waals surface area contributed by atoms with Gasteiger partial charge in [-0.2, -0.15) is 0 Å². The highest BCUT2D eigenvalue weighted by molar-refractivity contribution is 7.91. The number of nitrogens with zero attached hydrogens (tertiary/aromatic N) is 1. The van der Waals surface area contributed by atoms with Crippen molar-refractivity contribution in [1.82, 2.24) is 0 Å². The molecule has 0 atom stereocenters. The average Bonchev–Trinajstić information content (AvgIpc) is 2.45. The largest absolute Gasteiger partial charge is 0.480 e. The number of aliphatic carboxylic acids is 1. The molecule has 1 amide bonds. The van der Waals surface area contributed by atoms with Crippen LogP contribution >= 0.6 is 0 Å². The van der Waals surface area contributed by atoms with Gasteiger partial charge in [-0.3, -0.25) is 9.59 Å². The maximum Gasteiger partial charge on any atom is 0.323 e. The summed E-state index contributed by atoms with van der Waals surface area (Å²) in [4.78, 5) is 25.3. The van der Waals surface area contributed by atoms with Crippen molar-refractivity contribution in [3.05, 3.63) is 29.3 Å². The summed E-state index contributed by atoms with van der Waals surface area (Å²) in [6.07, 6.45) is 0.504. The van der Waals surface area contributed by atoms with Crippen LogP contribution in [-0.4, -0.2) is 43.5 Å². The van der Waals surface area contributed by atoms with E-state index in [2.05, 4.69) is 0 Å². The Morgan fingerprint density at radius 1 is 1.17 bits per heavy atom. The summed E-state index contributed by atoms with van der Waals surface area (Å²) in [5, 5.41) is 9.17. The third kappa shape index (κ3) is 4.10. The van der Waals surface area contributed by atoms with Gasteiger partial charge >= 0.3 is 5.97 Å². The van der Waals surface area contributed by atoms with Gasteiger partial charge in [0, 0.05) is 5.92 Å². The first kappa shape index (κ1) is 17.5. The quantitative estimate of drug-likeness (QED) is 0.898. The van der Waals surface area contributed by atoms with Crippen molar-refractivity contribution in [2.75, 3.05) is 23.0 Å². The molecule has 2 rings (SSSR count). The van der Waals surface area contributed by atoms with Gasteiger partial charge in [0.1, 0.15) is 16.4 Å². The zero-order valence-electron chi connectivity index (χ0n) is 13.3. The molecule has 1 aliphatic heterocycles. The number of carboxylic acids is 1. The molecule has 23 heavy (non-hydrogen) atoms. The van der Waals surface area contributed by atoms with E-state index in [9.17, 15) is 18.0 Å². The summed E-state index contributed by atoms with van der Waals surface area (Å²) in [5.41, 5.74) is 2.25. The number of rotatable bonds is 4. The summed E-state index contributed by atoms with van der Waals surface area (Å²) in [6.45, 7) is 3.24. The van der Waals surface area contributed by atoms with E-state index in [0.717, 1.165) is 11.1 Å². The second kappa shape index (κ2) is 6.70. The SMILES string of the molecule is Cc1cccc(C)c1N(CC(=O)O)C(=O)C1CCS(=O)(=O)CC1. The van der Waals surface area contributed by atoms with Crippen molar-refractivity contribution >= 4 is 27.4 Å². The molecule has 1 N–H and O–H groups in total. The second-order valence-electron chi connectivity index (χ2n) is 5.98. The molecule has 0 unspecified atom stereocenters. The normalized spacial score (nSPS) is 17.7. The van der Waals surface area contributed by atoms with E-state index in [0.29, 0.717) is 5.69 Å². The lowest BCUT2D eigenvalue weighted by molar-refractivity contribution is -0.137. The molecule has 126 valence electrons. The van der Waals surface area contributed by atoms with Gasteiger partial charge in [0.05, 0.1) is 17.2 Å². The van der Waals surface area contributed by atoms with Gasteiger partial charge in [0.2, 0.25) is 5.91 Å². The Bertz CT molecular complexity index is 692. The summed E-state index contributed by atoms with van der Waals surface area (Å²) < 4.78 is 23.1. The zero-order valence-corrected chi connectivity index (χ0v) is 14.1. The fourth-order valence-electron chi connectivity index (χ4n) is 2.99. The van der Waals surface area contributed by atoms with Crippen molar-refractivity contribution in [3.8, 4) is 0 Å². The van der Waals surface area contributed by atoms with Crippen LogP contribution in [0.4, 0.5) is 5.69 Å². The third-order valence-electron chi connectivity index (χ3n) is 4.17. The summed E-state index contributed by atoms with van der Waals surface area (Å²) >= 11 is 0. The van der Waals surface area contributed by atoms with Crippen molar-refractivity contribution in [3.63, 3.8) is 0 Å². The van der Waals surface area contributed by atoms with E-state index < -0.39 is 28.3 Å². The number of hydrogen-bond acceptors (Lipinski definition) is 4. The first-order valence-corrected chi connectivity index (χ1v) is 9.33. The molecule has 1 saturated heterocycles. The molecule has 1 aromatic carbocycles. The van der Waals surface area contributed by atoms with Crippen LogP contribution in [0.1, 0.15) is 24.0 Å². The van der Waals surface area contributed by atoms with Gasteiger partial charge in [-0.1, -0.05) is 18.2 Å². The molecule has 0 aliphatic carbocycles. The summed E-state index contributed by atoms with van der Waals surface area (Å²) in [7, 11) is -3.07. The smallest absolute Gasteiger partial charge is 0.323 e. The highest BCUT2D eigenvalue weighted by atomic mass is 32.2. The Morgan fingerprint density at radius 2 is 1.70 bits per heavy atom. The number of para-hydroxylation sites is 1. The van der Waals surface area contributed by atoms with E-state index >= 15 is 0 Å². The minimum atomic E-state index is -3.07. The molecule has 1 aromatic rings. The van der Waals surface area contributed by atoms with E-state index in [1.807, 2.05) is 32.0 Å². The number of carbonyl (C=O) groups excluding carboxylic acids is 1. The fraction of sp³-hybridized carbons (Fsp3) is 0.500. The highest BCUT2D eigenvalue weighted by Crippen LogP contribution is 2.29. The van der Waals surface area contributed by atoms with E-state index in [1.54, 1.807) is 0 Å². The predicted molar refractivity (Wildman–Crippen MR) is 87.3 cm³/mol. The van der Waals surface area contributed by atoms with Gasteiger partial charge in [-0.15, -0.1) is 0 Å². The monoisotopic (exact) mass is 339 g/mol. The van der Waals surface area contributed by atoms with E-state index in [-0.39, 0.29) is 30.3 Å². The van der Waals surface area contributed by atoms with Crippen LogP contribution in [0, 0.1) is 19.8 Å². The van der Waals surface area contributed by atoms with E-state index in [1.165, 1.54) is 4.90 Å². The number of amides is 1. The van der Waals surface area contributed by atoms with Gasteiger partial charge in [-0.25, -0.2) is 8.42 Å². The van der Waals surface area contributed by atoms with Crippen LogP contribution in [-0.2, 0) is 19.4 Å². The van der Waals surface area contributed by atoms with Crippen LogP contribution in [0.15, 0.2) is 18.2 Å². The molecule has 6 nitrogen and oxygen atoms in total. The Labute approximate surface area is 136 Å². The molecule has 0 spiro atoms. The maximum absolute atomic E-state index is 12.8. The van der Waals surface area contributed by atoms with Crippen molar-refractivity contribution in [2.24, 2.45) is 5.92 Å². The van der Waals surface area contributed by atoms with Gasteiger partial charge in [-0.05, 0) is 37.8 Å². The molecular formula is C16H21NO5S. The Kier molecular flexibility index (Phi) is 5.09. The minimum absolute atomic E-state index is 0.0168. The topological polar surface area (TPSA) is 91.8 Å². The van der Waals surface area contributed by atoms with E-state index in [4.69, 9.17) is 5.11 Å². The number of anilines is 1. The Hall–Kier alpha value is -1.89. The number of carboxylic acid groups (broad SMARTS) is 1. The predicted octanol–water partition coefficient (Wildman–Crippen LogP) is 1.55.